The number of carbonyl (C=O) groups excluding carboxylic acids is 1. The predicted octanol–water partition coefficient (Wildman–Crippen LogP) is 9.91. The van der Waals surface area contributed by atoms with Crippen molar-refractivity contribution >= 4 is 22.6 Å². The van der Waals surface area contributed by atoms with E-state index >= 15 is 0 Å². The minimum absolute atomic E-state index is 0.00201. The summed E-state index contributed by atoms with van der Waals surface area (Å²) in [6.07, 6.45) is 11.9. The molecule has 0 aliphatic heterocycles. The summed E-state index contributed by atoms with van der Waals surface area (Å²) < 4.78 is 20.1. The molecule has 4 rings (SSSR count). The number of allylic oxidation sites excluding steroid dienone is 1. The second-order valence-electron chi connectivity index (χ2n) is 17.8. The SMILES string of the molecule is CCOC(=O)C[C@H]1CC[C@H]2[C@@H]3CC=C4C[C@@H](O[Si](C)(C)C(C)(C)C)C[C@H](O[Si](C)(C)C(C)(C)C)[C@]4(C)[C@H]3CC[C@]12C. The van der Waals surface area contributed by atoms with Crippen LogP contribution in [0.15, 0.2) is 11.6 Å². The van der Waals surface area contributed by atoms with Crippen LogP contribution in [0.4, 0.5) is 0 Å². The van der Waals surface area contributed by atoms with Crippen LogP contribution >= 0.6 is 0 Å². The van der Waals surface area contributed by atoms with Crippen LogP contribution in [0.25, 0.3) is 0 Å². The Hall–Kier alpha value is -0.436. The van der Waals surface area contributed by atoms with Crippen molar-refractivity contribution in [3.63, 3.8) is 0 Å². The van der Waals surface area contributed by atoms with Gasteiger partial charge < -0.3 is 13.6 Å². The Bertz CT molecular complexity index is 1000. The molecule has 0 unspecified atom stereocenters. The van der Waals surface area contributed by atoms with E-state index in [4.69, 9.17) is 13.6 Å². The van der Waals surface area contributed by atoms with Crippen molar-refractivity contribution < 1.29 is 18.4 Å². The van der Waals surface area contributed by atoms with Crippen molar-refractivity contribution in [1.82, 2.24) is 0 Å². The molecule has 0 radical (unpaired) electrons. The first-order chi connectivity index (χ1) is 18.7. The smallest absolute Gasteiger partial charge is 0.306 e. The lowest BCUT2D eigenvalue weighted by molar-refractivity contribution is -0.146. The highest BCUT2D eigenvalue weighted by Crippen LogP contribution is 2.67. The zero-order valence-corrected chi connectivity index (χ0v) is 31.0. The van der Waals surface area contributed by atoms with Crippen LogP contribution in [0.5, 0.6) is 0 Å². The molecule has 0 N–H and O–H groups in total. The Morgan fingerprint density at radius 3 is 2.12 bits per heavy atom. The molecular weight excluding hydrogens is 541 g/mol. The van der Waals surface area contributed by atoms with Crippen LogP contribution in [0.3, 0.4) is 0 Å². The maximum Gasteiger partial charge on any atom is 0.306 e. The van der Waals surface area contributed by atoms with E-state index < -0.39 is 16.6 Å². The lowest BCUT2D eigenvalue weighted by atomic mass is 9.46. The first-order valence-corrected chi connectivity index (χ1v) is 22.7. The Balaban J connectivity index is 1.67. The van der Waals surface area contributed by atoms with E-state index in [2.05, 4.69) is 87.7 Å². The van der Waals surface area contributed by atoms with E-state index in [1.807, 2.05) is 6.92 Å². The van der Waals surface area contributed by atoms with Crippen molar-refractivity contribution in [3.8, 4) is 0 Å². The summed E-state index contributed by atoms with van der Waals surface area (Å²) in [6.45, 7) is 31.4. The standard InChI is InChI=1S/C35H64O4Si2/c1-14-37-31(36)22-24-16-18-28-27-17-15-25-21-26(38-40(10,11)32(2,3)4)23-30(39-41(12,13)33(5,6)7)35(25,9)29(27)19-20-34(24,28)8/h15,24,26-30H,14,16-23H2,1-13H3/t24-,26-,27+,28+,29+,30+,34-,35+/m1/s1. The molecule has 236 valence electrons. The van der Waals surface area contributed by atoms with E-state index in [0.29, 0.717) is 36.7 Å². The summed E-state index contributed by atoms with van der Waals surface area (Å²) >= 11 is 0. The summed E-state index contributed by atoms with van der Waals surface area (Å²) in [7, 11) is -3.90. The fourth-order valence-electron chi connectivity index (χ4n) is 8.91. The second-order valence-corrected chi connectivity index (χ2v) is 27.3. The maximum atomic E-state index is 12.5. The van der Waals surface area contributed by atoms with Crippen LogP contribution in [0.1, 0.15) is 114 Å². The van der Waals surface area contributed by atoms with Gasteiger partial charge in [0.2, 0.25) is 0 Å². The Morgan fingerprint density at radius 1 is 0.927 bits per heavy atom. The van der Waals surface area contributed by atoms with Crippen molar-refractivity contribution in [2.24, 2.45) is 34.5 Å². The fourth-order valence-corrected chi connectivity index (χ4v) is 11.7. The highest BCUT2D eigenvalue weighted by molar-refractivity contribution is 6.74. The third kappa shape index (κ3) is 5.99. The molecule has 3 fully saturated rings. The van der Waals surface area contributed by atoms with Gasteiger partial charge in [0, 0.05) is 11.8 Å². The molecule has 41 heavy (non-hydrogen) atoms. The minimum Gasteiger partial charge on any atom is -0.466 e. The lowest BCUT2D eigenvalue weighted by Crippen LogP contribution is -2.60. The van der Waals surface area contributed by atoms with E-state index in [9.17, 15) is 4.79 Å². The molecule has 6 heteroatoms. The number of hydrogen-bond donors (Lipinski definition) is 0. The molecule has 0 spiro atoms. The zero-order chi connectivity index (χ0) is 30.8. The van der Waals surface area contributed by atoms with Gasteiger partial charge in [-0.15, -0.1) is 0 Å². The molecule has 4 aliphatic rings. The minimum atomic E-state index is -2.00. The van der Waals surface area contributed by atoms with Gasteiger partial charge in [-0.05, 0) is 117 Å². The van der Waals surface area contributed by atoms with Gasteiger partial charge in [0.05, 0.1) is 18.8 Å². The Labute approximate surface area is 255 Å². The van der Waals surface area contributed by atoms with Crippen molar-refractivity contribution in [2.45, 2.75) is 162 Å². The monoisotopic (exact) mass is 604 g/mol. The van der Waals surface area contributed by atoms with Crippen molar-refractivity contribution in [3.05, 3.63) is 11.6 Å². The van der Waals surface area contributed by atoms with E-state index in [0.717, 1.165) is 12.8 Å². The molecular formula is C35H64O4Si2. The number of rotatable bonds is 7. The van der Waals surface area contributed by atoms with Gasteiger partial charge in [-0.2, -0.15) is 0 Å². The number of esters is 1. The topological polar surface area (TPSA) is 44.8 Å². The average Bonchev–Trinajstić information content (AvgIpc) is 3.14. The van der Waals surface area contributed by atoms with Crippen LogP contribution in [-0.2, 0) is 18.4 Å². The first kappa shape index (κ1) is 33.5. The number of ether oxygens (including phenoxy) is 1. The van der Waals surface area contributed by atoms with Crippen LogP contribution in [0, 0.1) is 34.5 Å². The summed E-state index contributed by atoms with van der Waals surface area (Å²) in [4.78, 5) is 12.5. The number of carbonyl (C=O) groups is 1. The van der Waals surface area contributed by atoms with Crippen LogP contribution in [-0.4, -0.2) is 41.4 Å². The van der Waals surface area contributed by atoms with E-state index in [1.54, 1.807) is 5.57 Å². The molecule has 4 nitrogen and oxygen atoms in total. The largest absolute Gasteiger partial charge is 0.466 e. The first-order valence-electron chi connectivity index (χ1n) is 16.9. The van der Waals surface area contributed by atoms with Gasteiger partial charge in [-0.25, -0.2) is 0 Å². The van der Waals surface area contributed by atoms with Gasteiger partial charge in [0.15, 0.2) is 16.6 Å². The van der Waals surface area contributed by atoms with E-state index in [-0.39, 0.29) is 39.1 Å². The van der Waals surface area contributed by atoms with Gasteiger partial charge in [-0.1, -0.05) is 67.0 Å². The number of hydrogen-bond acceptors (Lipinski definition) is 4. The molecule has 0 aromatic heterocycles. The summed E-state index contributed by atoms with van der Waals surface area (Å²) in [6, 6.07) is 0. The molecule has 0 heterocycles. The van der Waals surface area contributed by atoms with Gasteiger partial charge in [-0.3, -0.25) is 4.79 Å². The molecule has 4 aliphatic carbocycles. The molecule has 0 saturated heterocycles. The van der Waals surface area contributed by atoms with E-state index in [1.165, 1.54) is 32.1 Å². The maximum absolute atomic E-state index is 12.5. The molecule has 8 atom stereocenters. The quantitative estimate of drug-likeness (QED) is 0.165. The lowest BCUT2D eigenvalue weighted by Gasteiger charge is -2.61. The Kier molecular flexibility index (Phi) is 9.12. The normalized spacial score (nSPS) is 38.0. The molecule has 0 amide bonds. The van der Waals surface area contributed by atoms with Gasteiger partial charge in [0.1, 0.15) is 0 Å². The highest BCUT2D eigenvalue weighted by atomic mass is 28.4. The van der Waals surface area contributed by atoms with Crippen molar-refractivity contribution in [1.29, 1.82) is 0 Å². The molecule has 3 saturated carbocycles. The zero-order valence-electron chi connectivity index (χ0n) is 29.0. The molecule has 0 bridgehead atoms. The fraction of sp³-hybridized carbons (Fsp3) is 0.914. The summed E-state index contributed by atoms with van der Waals surface area (Å²) in [5, 5.41) is 0.372. The van der Waals surface area contributed by atoms with Crippen molar-refractivity contribution in [2.75, 3.05) is 6.61 Å². The predicted molar refractivity (Wildman–Crippen MR) is 176 cm³/mol. The second kappa shape index (κ2) is 11.2. The van der Waals surface area contributed by atoms with Crippen LogP contribution < -0.4 is 0 Å². The third-order valence-electron chi connectivity index (χ3n) is 13.6. The average molecular weight is 605 g/mol. The summed E-state index contributed by atoms with van der Waals surface area (Å²) in [5.74, 6) is 2.47. The Morgan fingerprint density at radius 2 is 1.54 bits per heavy atom. The third-order valence-corrected chi connectivity index (χ3v) is 22.6. The molecule has 0 aromatic rings. The number of fused-ring (bicyclic) bond motifs is 5. The van der Waals surface area contributed by atoms with Gasteiger partial charge >= 0.3 is 5.97 Å². The highest BCUT2D eigenvalue weighted by Gasteiger charge is 2.62. The van der Waals surface area contributed by atoms with Gasteiger partial charge in [0.25, 0.3) is 0 Å². The summed E-state index contributed by atoms with van der Waals surface area (Å²) in [5.41, 5.74) is 1.93. The van der Waals surface area contributed by atoms with Crippen LogP contribution in [0.2, 0.25) is 36.3 Å². The molecule has 0 aromatic carbocycles.